The molecule has 3 heterocycles. The van der Waals surface area contributed by atoms with Gasteiger partial charge in [-0.15, -0.1) is 11.3 Å². The Morgan fingerprint density at radius 2 is 1.93 bits per heavy atom. The summed E-state index contributed by atoms with van der Waals surface area (Å²) in [7, 11) is -2.70. The van der Waals surface area contributed by atoms with Gasteiger partial charge in [-0.1, -0.05) is 18.2 Å². The Bertz CT molecular complexity index is 1220. The Balaban J connectivity index is 1.59. The first-order valence-corrected chi connectivity index (χ1v) is 10.6. The Morgan fingerprint density at radius 1 is 1.14 bits per heavy atom. The molecule has 28 heavy (non-hydrogen) atoms. The minimum Gasteiger partial charge on any atom is -0.465 e. The van der Waals surface area contributed by atoms with Crippen LogP contribution in [0.2, 0.25) is 0 Å². The van der Waals surface area contributed by atoms with Gasteiger partial charge in [0, 0.05) is 23.6 Å². The minimum atomic E-state index is -3.91. The van der Waals surface area contributed by atoms with Crippen molar-refractivity contribution in [2.75, 3.05) is 11.8 Å². The maximum Gasteiger partial charge on any atom is 0.349 e. The molecule has 0 radical (unpaired) electrons. The number of nitrogens with zero attached hydrogens (tertiary/aromatic N) is 2. The standard InChI is InChI=1S/C19H15N3O4S2/c1-26-19(23)18-16(9-11-27-18)28(24,25)21-14-7-5-13(6-8-14)15-12-22-10-3-2-4-17(22)20-15/h2-12,21H,1H3. The number of carbonyl (C=O) groups excluding carboxylic acids is 1. The van der Waals surface area contributed by atoms with Gasteiger partial charge >= 0.3 is 5.97 Å². The summed E-state index contributed by atoms with van der Waals surface area (Å²) in [5, 5.41) is 1.54. The van der Waals surface area contributed by atoms with E-state index in [4.69, 9.17) is 0 Å². The van der Waals surface area contributed by atoms with Crippen molar-refractivity contribution >= 4 is 38.7 Å². The Kier molecular flexibility index (Phi) is 4.62. The van der Waals surface area contributed by atoms with E-state index in [-0.39, 0.29) is 9.77 Å². The lowest BCUT2D eigenvalue weighted by Gasteiger charge is -2.08. The minimum absolute atomic E-state index is 0.0383. The second-order valence-electron chi connectivity index (χ2n) is 5.88. The van der Waals surface area contributed by atoms with E-state index in [1.165, 1.54) is 18.6 Å². The number of methoxy groups -OCH3 is 1. The summed E-state index contributed by atoms with van der Waals surface area (Å²) in [6.45, 7) is 0. The lowest BCUT2D eigenvalue weighted by molar-refractivity contribution is 0.0602. The van der Waals surface area contributed by atoms with Crippen molar-refractivity contribution in [2.45, 2.75) is 4.90 Å². The number of hydrogen-bond donors (Lipinski definition) is 1. The third-order valence-electron chi connectivity index (χ3n) is 4.09. The summed E-state index contributed by atoms with van der Waals surface area (Å²) in [5.74, 6) is -0.683. The number of anilines is 1. The first kappa shape index (κ1) is 18.2. The van der Waals surface area contributed by atoms with Crippen LogP contribution < -0.4 is 4.72 Å². The van der Waals surface area contributed by atoms with Crippen molar-refractivity contribution in [1.29, 1.82) is 0 Å². The van der Waals surface area contributed by atoms with Crippen molar-refractivity contribution in [3.8, 4) is 11.3 Å². The van der Waals surface area contributed by atoms with E-state index in [9.17, 15) is 13.2 Å². The number of rotatable bonds is 5. The number of thiophene rings is 1. The van der Waals surface area contributed by atoms with Crippen LogP contribution >= 0.6 is 11.3 Å². The van der Waals surface area contributed by atoms with Crippen LogP contribution in [0.1, 0.15) is 9.67 Å². The topological polar surface area (TPSA) is 89.8 Å². The number of hydrogen-bond acceptors (Lipinski definition) is 6. The number of ether oxygens (including phenoxy) is 1. The van der Waals surface area contributed by atoms with Gasteiger partial charge < -0.3 is 9.14 Å². The largest absolute Gasteiger partial charge is 0.465 e. The predicted octanol–water partition coefficient (Wildman–Crippen LogP) is 3.65. The average Bonchev–Trinajstić information content (AvgIpc) is 3.35. The van der Waals surface area contributed by atoms with Crippen LogP contribution in [0.15, 0.2) is 71.2 Å². The van der Waals surface area contributed by atoms with Crippen LogP contribution in [0.4, 0.5) is 5.69 Å². The summed E-state index contributed by atoms with van der Waals surface area (Å²) >= 11 is 1.02. The third kappa shape index (κ3) is 3.37. The molecule has 9 heteroatoms. The summed E-state index contributed by atoms with van der Waals surface area (Å²) in [4.78, 5) is 16.2. The quantitative estimate of drug-likeness (QED) is 0.505. The van der Waals surface area contributed by atoms with E-state index in [0.29, 0.717) is 5.69 Å². The van der Waals surface area contributed by atoms with E-state index in [0.717, 1.165) is 28.2 Å². The molecule has 0 bridgehead atoms. The first-order chi connectivity index (χ1) is 13.5. The molecular weight excluding hydrogens is 398 g/mol. The van der Waals surface area contributed by atoms with Crippen LogP contribution in [0, 0.1) is 0 Å². The molecule has 1 N–H and O–H groups in total. The highest BCUT2D eigenvalue weighted by Gasteiger charge is 2.24. The van der Waals surface area contributed by atoms with Gasteiger partial charge in [-0.3, -0.25) is 4.72 Å². The van der Waals surface area contributed by atoms with Gasteiger partial charge in [0.05, 0.1) is 12.8 Å². The summed E-state index contributed by atoms with van der Waals surface area (Å²) in [5.41, 5.74) is 2.86. The van der Waals surface area contributed by atoms with Crippen molar-refractivity contribution < 1.29 is 17.9 Å². The fourth-order valence-corrected chi connectivity index (χ4v) is 5.14. The van der Waals surface area contributed by atoms with Crippen LogP contribution in [-0.2, 0) is 14.8 Å². The second-order valence-corrected chi connectivity index (χ2v) is 8.45. The lowest BCUT2D eigenvalue weighted by atomic mass is 10.1. The van der Waals surface area contributed by atoms with Crippen LogP contribution in [0.25, 0.3) is 16.9 Å². The van der Waals surface area contributed by atoms with Gasteiger partial charge in [0.15, 0.2) is 0 Å². The number of fused-ring (bicyclic) bond motifs is 1. The number of sulfonamides is 1. The zero-order valence-electron chi connectivity index (χ0n) is 14.7. The molecule has 0 saturated carbocycles. The first-order valence-electron chi connectivity index (χ1n) is 8.21. The molecule has 0 fully saturated rings. The molecule has 0 aliphatic heterocycles. The fourth-order valence-electron chi connectivity index (χ4n) is 2.74. The molecular formula is C19H15N3O4S2. The predicted molar refractivity (Wildman–Crippen MR) is 107 cm³/mol. The molecule has 142 valence electrons. The van der Waals surface area contributed by atoms with Crippen LogP contribution in [0.5, 0.6) is 0 Å². The van der Waals surface area contributed by atoms with Crippen molar-refractivity contribution in [2.24, 2.45) is 0 Å². The highest BCUT2D eigenvalue weighted by molar-refractivity contribution is 7.93. The zero-order chi connectivity index (χ0) is 19.7. The van der Waals surface area contributed by atoms with Gasteiger partial charge in [-0.25, -0.2) is 18.2 Å². The molecule has 0 aliphatic rings. The fraction of sp³-hybridized carbons (Fsp3) is 0.0526. The number of imidazole rings is 1. The normalized spacial score (nSPS) is 11.5. The SMILES string of the molecule is COC(=O)c1sccc1S(=O)(=O)Nc1ccc(-c2cn3ccccc3n2)cc1. The smallest absolute Gasteiger partial charge is 0.349 e. The van der Waals surface area contributed by atoms with Gasteiger partial charge in [-0.05, 0) is 35.7 Å². The zero-order valence-corrected chi connectivity index (χ0v) is 16.3. The molecule has 0 saturated heterocycles. The Labute approximate surface area is 165 Å². The number of carbonyl (C=O) groups is 1. The van der Waals surface area contributed by atoms with Gasteiger partial charge in [0.2, 0.25) is 0 Å². The molecule has 0 aliphatic carbocycles. The summed E-state index contributed by atoms with van der Waals surface area (Å²) in [6, 6.07) is 14.0. The van der Waals surface area contributed by atoms with E-state index < -0.39 is 16.0 Å². The summed E-state index contributed by atoms with van der Waals surface area (Å²) in [6.07, 6.45) is 3.82. The van der Waals surface area contributed by atoms with Crippen LogP contribution in [0.3, 0.4) is 0 Å². The molecule has 0 unspecified atom stereocenters. The number of benzene rings is 1. The number of nitrogens with one attached hydrogen (secondary N) is 1. The van der Waals surface area contributed by atoms with Gasteiger partial charge in [0.1, 0.15) is 15.4 Å². The van der Waals surface area contributed by atoms with Crippen LogP contribution in [-0.4, -0.2) is 30.9 Å². The Morgan fingerprint density at radius 3 is 2.64 bits per heavy atom. The number of esters is 1. The second kappa shape index (κ2) is 7.10. The molecule has 3 aromatic heterocycles. The molecule has 4 rings (SSSR count). The van der Waals surface area contributed by atoms with Crippen molar-refractivity contribution in [1.82, 2.24) is 9.38 Å². The van der Waals surface area contributed by atoms with E-state index in [1.807, 2.05) is 35.0 Å². The van der Waals surface area contributed by atoms with E-state index in [2.05, 4.69) is 14.4 Å². The molecule has 1 aromatic carbocycles. The third-order valence-corrected chi connectivity index (χ3v) is 6.53. The molecule has 4 aromatic rings. The van der Waals surface area contributed by atoms with Crippen molar-refractivity contribution in [3.05, 3.63) is 71.2 Å². The van der Waals surface area contributed by atoms with Gasteiger partial charge in [0.25, 0.3) is 10.0 Å². The van der Waals surface area contributed by atoms with Gasteiger partial charge in [-0.2, -0.15) is 0 Å². The van der Waals surface area contributed by atoms with E-state index >= 15 is 0 Å². The Hall–Kier alpha value is -3.17. The summed E-state index contributed by atoms with van der Waals surface area (Å²) < 4.78 is 34.3. The lowest BCUT2D eigenvalue weighted by Crippen LogP contribution is -2.15. The maximum atomic E-state index is 12.6. The number of aromatic nitrogens is 2. The monoisotopic (exact) mass is 413 g/mol. The molecule has 0 amide bonds. The molecule has 0 atom stereocenters. The average molecular weight is 413 g/mol. The van der Waals surface area contributed by atoms with E-state index in [1.54, 1.807) is 24.3 Å². The molecule has 7 nitrogen and oxygen atoms in total. The highest BCUT2D eigenvalue weighted by atomic mass is 32.2. The van der Waals surface area contributed by atoms with Crippen molar-refractivity contribution in [3.63, 3.8) is 0 Å². The maximum absolute atomic E-state index is 12.6. The highest BCUT2D eigenvalue weighted by Crippen LogP contribution is 2.26. The number of pyridine rings is 1. The molecule has 0 spiro atoms.